The molecule has 27 nitrogen and oxygen atoms in total. The van der Waals surface area contributed by atoms with E-state index in [4.69, 9.17) is 20.9 Å². The zero-order valence-corrected chi connectivity index (χ0v) is 52.4. The number of methoxy groups -OCH3 is 1. The monoisotopic (exact) mass is 1280 g/mol. The molecule has 28 heteroatoms. The number of aromatic hydroxyl groups is 2. The van der Waals surface area contributed by atoms with Crippen LogP contribution in [0.2, 0.25) is 0 Å². The van der Waals surface area contributed by atoms with Crippen molar-refractivity contribution in [1.29, 1.82) is 0 Å². The van der Waals surface area contributed by atoms with Crippen LogP contribution in [0.3, 0.4) is 0 Å². The molecule has 2 saturated carbocycles. The number of thiazole rings is 1. The van der Waals surface area contributed by atoms with Crippen molar-refractivity contribution in [3.05, 3.63) is 126 Å². The summed E-state index contributed by atoms with van der Waals surface area (Å²) in [5.41, 5.74) is 7.87. The van der Waals surface area contributed by atoms with Crippen LogP contribution in [0.4, 0.5) is 16.5 Å². The van der Waals surface area contributed by atoms with Gasteiger partial charge in [-0.15, -0.1) is 11.3 Å². The van der Waals surface area contributed by atoms with Crippen molar-refractivity contribution in [3.63, 3.8) is 0 Å². The fraction of sp³-hybridized carbons (Fsp3) is 0.413. The zero-order valence-electron chi connectivity index (χ0n) is 51.6. The van der Waals surface area contributed by atoms with Gasteiger partial charge in [0.25, 0.3) is 11.8 Å². The van der Waals surface area contributed by atoms with Crippen molar-refractivity contribution >= 4 is 86.2 Å². The second kappa shape index (κ2) is 24.9. The van der Waals surface area contributed by atoms with Gasteiger partial charge in [0.15, 0.2) is 33.6 Å². The van der Waals surface area contributed by atoms with E-state index in [2.05, 4.69) is 15.6 Å². The Labute approximate surface area is 526 Å². The lowest BCUT2D eigenvalue weighted by atomic mass is 9.57. The van der Waals surface area contributed by atoms with Crippen molar-refractivity contribution in [1.82, 2.24) is 20.1 Å². The molecular formula is C63H73N9O18S. The number of hydrogen-bond donors (Lipinski definition) is 12. The zero-order chi connectivity index (χ0) is 66.9. The van der Waals surface area contributed by atoms with Crippen LogP contribution in [-0.4, -0.2) is 196 Å². The van der Waals surface area contributed by atoms with Crippen LogP contribution in [0.5, 0.6) is 11.5 Å². The highest BCUT2D eigenvalue weighted by atomic mass is 32.1. The molecule has 6 aliphatic carbocycles. The highest BCUT2D eigenvalue weighted by Gasteiger charge is 2.66. The van der Waals surface area contributed by atoms with Crippen LogP contribution in [-0.2, 0) is 70.7 Å². The average Bonchev–Trinajstić information content (AvgIpc) is 0.834. The molecule has 14 N–H and O–H groups in total. The van der Waals surface area contributed by atoms with E-state index in [-0.39, 0.29) is 84.8 Å². The Morgan fingerprint density at radius 3 is 1.49 bits per heavy atom. The molecule has 0 bridgehead atoms. The summed E-state index contributed by atoms with van der Waals surface area (Å²) in [6.07, 6.45) is 0.363. The number of anilines is 3. The molecular weight excluding hydrogens is 1200 g/mol. The van der Waals surface area contributed by atoms with E-state index in [0.29, 0.717) is 50.9 Å². The van der Waals surface area contributed by atoms with Crippen LogP contribution in [0.25, 0.3) is 11.5 Å². The van der Waals surface area contributed by atoms with Crippen LogP contribution >= 0.6 is 11.3 Å². The molecule has 1 heterocycles. The molecule has 2 amide bonds. The maximum absolute atomic E-state index is 14.1. The van der Waals surface area contributed by atoms with Gasteiger partial charge in [0.2, 0.25) is 11.6 Å². The molecule has 1 aromatic heterocycles. The van der Waals surface area contributed by atoms with Gasteiger partial charge in [-0.05, 0) is 114 Å². The molecule has 0 aliphatic heterocycles. The number of fused-ring (bicyclic) bond motifs is 6. The number of aliphatic hydroxyl groups is 6. The van der Waals surface area contributed by atoms with E-state index in [0.717, 1.165) is 16.9 Å². The summed E-state index contributed by atoms with van der Waals surface area (Å²) in [4.78, 5) is 114. The summed E-state index contributed by atoms with van der Waals surface area (Å²) in [6, 6.07) is 8.05. The van der Waals surface area contributed by atoms with Gasteiger partial charge in [0, 0.05) is 98.7 Å². The largest absolute Gasteiger partial charge is 0.508 e. The number of carbonyl (C=O) groups excluding carboxylic acids is 8. The quantitative estimate of drug-likeness (QED) is 0.0566. The normalized spacial score (nSPS) is 24.2. The third-order valence-electron chi connectivity index (χ3n) is 18.0. The number of hydrogen-bond acceptors (Lipinski definition) is 26. The molecule has 10 rings (SSSR count). The van der Waals surface area contributed by atoms with Gasteiger partial charge >= 0.3 is 11.9 Å². The van der Waals surface area contributed by atoms with E-state index in [9.17, 15) is 79.2 Å². The number of phenols is 2. The fourth-order valence-electron chi connectivity index (χ4n) is 13.8. The number of aliphatic hydroxyl groups excluding tert-OH is 4. The number of likely N-dealkylation sites (N-methyl/N-ethyl adjacent to an activating group) is 2. The first-order valence-electron chi connectivity index (χ1n) is 28.9. The minimum Gasteiger partial charge on any atom is -0.508 e. The lowest BCUT2D eigenvalue weighted by Crippen LogP contribution is -2.65. The summed E-state index contributed by atoms with van der Waals surface area (Å²) < 4.78 is 9.70. The number of aromatic nitrogens is 1. The second-order valence-electron chi connectivity index (χ2n) is 24.1. The standard InChI is InChI=1S/C33H38N4O9.C30H35N5O9S/c1-36(2)21-12-18(14-35-13-15-6-8-16(9-7-15)32(44)46-5)26(38)23-19(21)10-17-11-20-25(37(3)4)28(40)24(31(34)43)30(42)33(20,45)29(41)22(17)27(23)39;1-6-44-28(42)16-11-45-29(33-16)32-10-13-9-17(34(2)3)14-7-12-8-15-21(35(4)5)24(38)20(27(31)41)26(40)30(15,43)25(39)18(12)23(37)19(14)22(13)36/h6-9,12,17,20,25,35,38-39,42,45H,10-11,13-14H2,1-5H3,(H2,34,43);9,11-12,15,21,36-37,40,43H,6-8,10H2,1-5H3,(H2,31,41)(H,32,33)/t17?,20?,25-,33-;12-,15-,21?,30-/m00/s1. The predicted molar refractivity (Wildman–Crippen MR) is 331 cm³/mol. The van der Waals surface area contributed by atoms with Crippen molar-refractivity contribution in [3.8, 4) is 11.5 Å². The van der Waals surface area contributed by atoms with Gasteiger partial charge in [0.1, 0.15) is 45.7 Å². The first-order chi connectivity index (χ1) is 42.8. The SMILES string of the molecule is CCOC(=O)c1csc(NCc2cc(N(C)C)c3c(c2O)C(O)=C2C(=O)[C@]4(O)C(O)=C(C(N)=O)C(=O)C(N(C)C)[C@@H]4C[C@@H]2C3)n1.COC(=O)c1ccc(CNCc2cc(N(C)C)c3c(c2O)C(O)=C2C(=O)[C@]4(O)C(O)=C(C(N)=O)C(=O)[C@@H](N(C)C)C4CC2C3)cc1. The van der Waals surface area contributed by atoms with Gasteiger partial charge in [-0.3, -0.25) is 38.6 Å². The van der Waals surface area contributed by atoms with Crippen LogP contribution in [0.1, 0.15) is 79.6 Å². The Bertz CT molecular complexity index is 3900. The molecule has 6 aliphatic rings. The Hall–Kier alpha value is -9.19. The molecule has 484 valence electrons. The molecule has 0 saturated heterocycles. The summed E-state index contributed by atoms with van der Waals surface area (Å²) in [5, 5.41) is 100. The smallest absolute Gasteiger partial charge is 0.357 e. The molecule has 91 heavy (non-hydrogen) atoms. The van der Waals surface area contributed by atoms with Crippen molar-refractivity contribution < 1.29 is 88.7 Å². The maximum atomic E-state index is 14.1. The maximum Gasteiger partial charge on any atom is 0.357 e. The van der Waals surface area contributed by atoms with Crippen molar-refractivity contribution in [2.75, 3.05) is 85.2 Å². The minimum absolute atomic E-state index is 0.00442. The molecule has 3 unspecified atom stereocenters. The van der Waals surface area contributed by atoms with E-state index >= 15 is 0 Å². The Morgan fingerprint density at radius 2 is 1.10 bits per heavy atom. The lowest BCUT2D eigenvalue weighted by molar-refractivity contribution is -0.155. The van der Waals surface area contributed by atoms with Gasteiger partial charge in [-0.1, -0.05) is 12.1 Å². The topological polar surface area (TPSA) is 419 Å². The van der Waals surface area contributed by atoms with Gasteiger partial charge in [-0.25, -0.2) is 14.6 Å². The first kappa shape index (κ1) is 66.2. The van der Waals surface area contributed by atoms with E-state index in [1.54, 1.807) is 90.5 Å². The Kier molecular flexibility index (Phi) is 18.1. The van der Waals surface area contributed by atoms with Gasteiger partial charge in [0.05, 0.1) is 42.5 Å². The number of nitrogens with two attached hydrogens (primary N) is 2. The average molecular weight is 1280 g/mol. The molecule has 4 aromatic rings. The Morgan fingerprint density at radius 1 is 0.659 bits per heavy atom. The number of nitrogens with one attached hydrogen (secondary N) is 2. The van der Waals surface area contributed by atoms with Crippen molar-refractivity contribution in [2.45, 2.75) is 75.5 Å². The number of esters is 2. The second-order valence-corrected chi connectivity index (χ2v) is 25.0. The van der Waals surface area contributed by atoms with Crippen LogP contribution in [0.15, 0.2) is 75.6 Å². The summed E-state index contributed by atoms with van der Waals surface area (Å²) in [6.45, 7) is 2.47. The number of ketones is 4. The lowest BCUT2D eigenvalue weighted by Gasteiger charge is -2.50. The third-order valence-corrected chi connectivity index (χ3v) is 18.8. The molecule has 2 fully saturated rings. The molecule has 8 atom stereocenters. The number of primary amides is 2. The number of phenolic OH excluding ortho intramolecular Hbond substituents is 2. The molecule has 0 spiro atoms. The number of nitrogens with zero attached hydrogens (tertiary/aromatic N) is 5. The molecule has 0 radical (unpaired) electrons. The summed E-state index contributed by atoms with van der Waals surface area (Å²) in [7, 11) is 14.7. The minimum atomic E-state index is -2.72. The number of carbonyl (C=O) groups is 8. The number of Topliss-reactive ketones (excluding diaryl/α,β-unsaturated/α-hetero) is 4. The summed E-state index contributed by atoms with van der Waals surface area (Å²) >= 11 is 1.16. The van der Waals surface area contributed by atoms with Crippen LogP contribution in [0, 0.1) is 23.7 Å². The fourth-order valence-corrected chi connectivity index (χ4v) is 14.5. The van der Waals surface area contributed by atoms with E-state index in [1.165, 1.54) is 22.3 Å². The van der Waals surface area contributed by atoms with Crippen LogP contribution < -0.4 is 31.9 Å². The number of amides is 2. The predicted octanol–water partition coefficient (Wildman–Crippen LogP) is 2.38. The number of ether oxygens (including phenoxy) is 2. The van der Waals surface area contributed by atoms with E-state index < -0.39 is 128 Å². The van der Waals surface area contributed by atoms with Gasteiger partial charge in [-0.2, -0.15) is 0 Å². The third kappa shape index (κ3) is 11.0. The van der Waals surface area contributed by atoms with E-state index in [1.807, 2.05) is 19.0 Å². The van der Waals surface area contributed by atoms with Gasteiger partial charge < -0.3 is 82.2 Å². The highest BCUT2D eigenvalue weighted by molar-refractivity contribution is 7.13. The summed E-state index contributed by atoms with van der Waals surface area (Å²) in [5.74, 6) is -15.0. The number of benzene rings is 3. The highest BCUT2D eigenvalue weighted by Crippen LogP contribution is 2.56. The van der Waals surface area contributed by atoms with Crippen molar-refractivity contribution in [2.24, 2.45) is 35.1 Å². The Balaban J connectivity index is 0.000000215. The first-order valence-corrected chi connectivity index (χ1v) is 29.8. The number of rotatable bonds is 16. The molecule has 3 aromatic carbocycles.